The monoisotopic (exact) mass is 143 g/mol. The molecule has 1 fully saturated rings. The lowest BCUT2D eigenvalue weighted by atomic mass is 9.97. The number of rotatable bonds is 2. The number of carbonyl (C=O) groups excluding carboxylic acids is 1. The summed E-state index contributed by atoms with van der Waals surface area (Å²) >= 11 is 3.96. The van der Waals surface area contributed by atoms with E-state index in [2.05, 4.69) is 17.9 Å². The molecule has 5 heteroatoms. The molecule has 0 aliphatic carbocycles. The second-order valence-electron chi connectivity index (χ2n) is 1.79. The van der Waals surface area contributed by atoms with Gasteiger partial charge in [-0.2, -0.15) is 12.6 Å². The molecular formula is C4H8BN2OS. The van der Waals surface area contributed by atoms with Crippen LogP contribution in [0.2, 0.25) is 0 Å². The molecule has 0 unspecified atom stereocenters. The summed E-state index contributed by atoms with van der Waals surface area (Å²) in [7, 11) is 1.77. The third-order valence-electron chi connectivity index (χ3n) is 1.19. The Morgan fingerprint density at radius 2 is 2.67 bits per heavy atom. The summed E-state index contributed by atoms with van der Waals surface area (Å²) in [5.41, 5.74) is 0.618. The highest BCUT2D eigenvalue weighted by molar-refractivity contribution is 7.81. The van der Waals surface area contributed by atoms with Crippen molar-refractivity contribution < 1.29 is 4.79 Å². The van der Waals surface area contributed by atoms with Gasteiger partial charge in [0.1, 0.15) is 0 Å². The molecule has 1 radical (unpaired) electrons. The number of amides is 2. The fourth-order valence-corrected chi connectivity index (χ4v) is 0.956. The topological polar surface area (TPSA) is 32.3 Å². The van der Waals surface area contributed by atoms with E-state index in [1.54, 1.807) is 12.2 Å². The predicted octanol–water partition coefficient (Wildman–Crippen LogP) is -0.482. The van der Waals surface area contributed by atoms with E-state index in [9.17, 15) is 4.79 Å². The van der Waals surface area contributed by atoms with Gasteiger partial charge in [0.2, 0.25) is 0 Å². The predicted molar refractivity (Wildman–Crippen MR) is 39.7 cm³/mol. The average Bonchev–Trinajstić information content (AvgIpc) is 2.18. The molecule has 0 bridgehead atoms. The van der Waals surface area contributed by atoms with Gasteiger partial charge in [0.05, 0.1) is 0 Å². The van der Waals surface area contributed by atoms with Crippen LogP contribution in [0.15, 0.2) is 0 Å². The standard InChI is InChI=1S/C4H8BN2OS/c8-4-6-1-2-7(4)5-3-9/h9H,1-3H2,(H,6,8). The van der Waals surface area contributed by atoms with E-state index >= 15 is 0 Å². The van der Waals surface area contributed by atoms with Crippen LogP contribution in [-0.2, 0) is 0 Å². The number of urea groups is 1. The molecule has 0 aromatic carbocycles. The molecule has 9 heavy (non-hydrogen) atoms. The van der Waals surface area contributed by atoms with Gasteiger partial charge in [0.15, 0.2) is 0 Å². The molecule has 3 nitrogen and oxygen atoms in total. The maximum Gasteiger partial charge on any atom is 0.304 e. The molecule has 49 valence electrons. The van der Waals surface area contributed by atoms with Gasteiger partial charge in [-0.05, 0) is 5.65 Å². The molecule has 1 aliphatic heterocycles. The summed E-state index contributed by atoms with van der Waals surface area (Å²) in [4.78, 5) is 12.3. The Morgan fingerprint density at radius 1 is 1.89 bits per heavy atom. The summed E-state index contributed by atoms with van der Waals surface area (Å²) in [6.45, 7) is 1.53. The number of hydrogen-bond acceptors (Lipinski definition) is 2. The lowest BCUT2D eigenvalue weighted by Crippen LogP contribution is -2.32. The van der Waals surface area contributed by atoms with Crippen LogP contribution < -0.4 is 5.32 Å². The van der Waals surface area contributed by atoms with E-state index in [1.165, 1.54) is 0 Å². The van der Waals surface area contributed by atoms with Crippen molar-refractivity contribution in [3.05, 3.63) is 0 Å². The third-order valence-corrected chi connectivity index (χ3v) is 1.36. The fourth-order valence-electron chi connectivity index (χ4n) is 0.759. The number of nitrogens with zero attached hydrogens (tertiary/aromatic N) is 1. The van der Waals surface area contributed by atoms with Crippen LogP contribution in [0, 0.1) is 0 Å². The highest BCUT2D eigenvalue weighted by atomic mass is 32.1. The molecule has 0 atom stereocenters. The molecule has 0 aromatic rings. The summed E-state index contributed by atoms with van der Waals surface area (Å²) in [6.07, 6.45) is 0. The van der Waals surface area contributed by atoms with Crippen LogP contribution in [0.5, 0.6) is 0 Å². The summed E-state index contributed by atoms with van der Waals surface area (Å²) in [5.74, 6) is 0. The first-order valence-corrected chi connectivity index (χ1v) is 3.46. The van der Waals surface area contributed by atoms with Crippen molar-refractivity contribution in [1.82, 2.24) is 10.1 Å². The molecule has 0 saturated carbocycles. The van der Waals surface area contributed by atoms with Crippen LogP contribution in [0.1, 0.15) is 0 Å². The van der Waals surface area contributed by atoms with E-state index in [-0.39, 0.29) is 6.03 Å². The third kappa shape index (κ3) is 1.54. The molecule has 2 amide bonds. The first-order chi connectivity index (χ1) is 4.34. The zero-order valence-corrected chi connectivity index (χ0v) is 5.90. The Balaban J connectivity index is 2.31. The fraction of sp³-hybridized carbons (Fsp3) is 0.750. The van der Waals surface area contributed by atoms with Gasteiger partial charge in [-0.25, -0.2) is 0 Å². The quantitative estimate of drug-likeness (QED) is 0.397. The van der Waals surface area contributed by atoms with Gasteiger partial charge in [-0.1, -0.05) is 0 Å². The smallest absolute Gasteiger partial charge is 0.304 e. The minimum atomic E-state index is -0.0101. The number of carbonyl (C=O) groups is 1. The van der Waals surface area contributed by atoms with Crippen molar-refractivity contribution in [1.29, 1.82) is 0 Å². The van der Waals surface area contributed by atoms with Gasteiger partial charge in [0, 0.05) is 13.1 Å². The molecular weight excluding hydrogens is 135 g/mol. The first-order valence-electron chi connectivity index (χ1n) is 2.83. The van der Waals surface area contributed by atoms with Gasteiger partial charge in [-0.15, -0.1) is 0 Å². The van der Waals surface area contributed by atoms with Crippen molar-refractivity contribution in [3.63, 3.8) is 0 Å². The van der Waals surface area contributed by atoms with Crippen LogP contribution >= 0.6 is 12.6 Å². The van der Waals surface area contributed by atoms with Crippen molar-refractivity contribution in [3.8, 4) is 0 Å². The molecule has 1 N–H and O–H groups in total. The number of thiol groups is 1. The average molecular weight is 143 g/mol. The Bertz CT molecular complexity index is 121. The Morgan fingerprint density at radius 3 is 3.11 bits per heavy atom. The van der Waals surface area contributed by atoms with E-state index in [0.29, 0.717) is 5.65 Å². The van der Waals surface area contributed by atoms with Crippen LogP contribution in [0.25, 0.3) is 0 Å². The maximum absolute atomic E-state index is 10.7. The van der Waals surface area contributed by atoms with E-state index < -0.39 is 0 Å². The first kappa shape index (κ1) is 6.80. The normalized spacial score (nSPS) is 17.9. The number of nitrogens with one attached hydrogen (secondary N) is 1. The van der Waals surface area contributed by atoms with Crippen LogP contribution in [0.3, 0.4) is 0 Å². The van der Waals surface area contributed by atoms with E-state index in [4.69, 9.17) is 0 Å². The second-order valence-corrected chi connectivity index (χ2v) is 2.16. The summed E-state index contributed by atoms with van der Waals surface area (Å²) in [6, 6.07) is -0.0101. The largest absolute Gasteiger partial charge is 0.371 e. The van der Waals surface area contributed by atoms with Gasteiger partial charge < -0.3 is 10.1 Å². The van der Waals surface area contributed by atoms with Crippen molar-refractivity contribution in [2.24, 2.45) is 0 Å². The van der Waals surface area contributed by atoms with E-state index in [1.807, 2.05) is 0 Å². The van der Waals surface area contributed by atoms with E-state index in [0.717, 1.165) is 13.1 Å². The Kier molecular flexibility index (Phi) is 2.27. The molecule has 0 spiro atoms. The minimum absolute atomic E-state index is 0.0101. The maximum atomic E-state index is 10.7. The SMILES string of the molecule is O=C1NCCN1[B]CS. The molecule has 1 saturated heterocycles. The lowest BCUT2D eigenvalue weighted by molar-refractivity contribution is 0.236. The van der Waals surface area contributed by atoms with Crippen molar-refractivity contribution in [2.75, 3.05) is 18.7 Å². The van der Waals surface area contributed by atoms with Crippen LogP contribution in [0.4, 0.5) is 4.79 Å². The highest BCUT2D eigenvalue weighted by Gasteiger charge is 2.17. The van der Waals surface area contributed by atoms with Gasteiger partial charge >= 0.3 is 6.03 Å². The Hall–Kier alpha value is -0.315. The van der Waals surface area contributed by atoms with Crippen molar-refractivity contribution in [2.45, 2.75) is 0 Å². The highest BCUT2D eigenvalue weighted by Crippen LogP contribution is 1.93. The minimum Gasteiger partial charge on any atom is -0.371 e. The molecule has 1 rings (SSSR count). The van der Waals surface area contributed by atoms with Crippen molar-refractivity contribution >= 4 is 26.1 Å². The van der Waals surface area contributed by atoms with Crippen LogP contribution in [-0.4, -0.2) is 37.0 Å². The zero-order valence-electron chi connectivity index (χ0n) is 5.00. The Labute approximate surface area is 60.5 Å². The zero-order chi connectivity index (χ0) is 6.69. The molecule has 0 aromatic heterocycles. The van der Waals surface area contributed by atoms with Gasteiger partial charge in [-0.3, -0.25) is 4.79 Å². The summed E-state index contributed by atoms with van der Waals surface area (Å²) in [5, 5.41) is 2.68. The molecule has 1 aliphatic rings. The second kappa shape index (κ2) is 3.01. The van der Waals surface area contributed by atoms with Gasteiger partial charge in [0.25, 0.3) is 7.41 Å². The summed E-state index contributed by atoms with van der Waals surface area (Å²) < 4.78 is 0. The lowest BCUT2D eigenvalue weighted by Gasteiger charge is -2.09. The molecule has 1 heterocycles. The number of hydrogen-bond donors (Lipinski definition) is 2.